The quantitative estimate of drug-likeness (QED) is 0.725. The smallest absolute Gasteiger partial charge is 0.303 e. The summed E-state index contributed by atoms with van der Waals surface area (Å²) < 4.78 is 0. The maximum Gasteiger partial charge on any atom is 0.303 e. The summed E-state index contributed by atoms with van der Waals surface area (Å²) in [5, 5.41) is 15.6. The fraction of sp³-hybridized carbons (Fsp3) is 0.318. The maximum absolute atomic E-state index is 12.8. The monoisotopic (exact) mass is 398 g/mol. The first-order valence-electron chi connectivity index (χ1n) is 9.44. The molecule has 1 N–H and O–H groups in total. The summed E-state index contributed by atoms with van der Waals surface area (Å²) in [5.41, 5.74) is 4.06. The lowest BCUT2D eigenvalue weighted by Crippen LogP contribution is -2.27. The van der Waals surface area contributed by atoms with Crippen LogP contribution in [0.2, 0.25) is 5.02 Å². The molecule has 0 saturated carbocycles. The summed E-state index contributed by atoms with van der Waals surface area (Å²) >= 11 is 6.00. The third-order valence-electron chi connectivity index (χ3n) is 4.90. The number of carboxylic acid groups (broad SMARTS) is 1. The molecule has 5 nitrogen and oxygen atoms in total. The number of aliphatic carboxylic acids is 1. The van der Waals surface area contributed by atoms with Gasteiger partial charge in [-0.15, -0.1) is 0 Å². The number of rotatable bonds is 7. The van der Waals surface area contributed by atoms with Crippen LogP contribution >= 0.6 is 11.6 Å². The molecular formula is C22H23ClN2O3. The topological polar surface area (TPSA) is 70.0 Å². The molecule has 1 amide bonds. The van der Waals surface area contributed by atoms with Crippen LogP contribution in [0.15, 0.2) is 53.6 Å². The van der Waals surface area contributed by atoms with Gasteiger partial charge in [0, 0.05) is 24.3 Å². The second-order valence-corrected chi connectivity index (χ2v) is 7.29. The van der Waals surface area contributed by atoms with E-state index in [-0.39, 0.29) is 24.8 Å². The number of benzene rings is 2. The summed E-state index contributed by atoms with van der Waals surface area (Å²) in [4.78, 5) is 23.5. The highest BCUT2D eigenvalue weighted by Crippen LogP contribution is 2.34. The van der Waals surface area contributed by atoms with Crippen molar-refractivity contribution < 1.29 is 14.7 Å². The van der Waals surface area contributed by atoms with Crippen LogP contribution in [0, 0.1) is 0 Å². The Balaban J connectivity index is 1.84. The predicted octanol–water partition coefficient (Wildman–Crippen LogP) is 4.84. The fourth-order valence-corrected chi connectivity index (χ4v) is 3.42. The molecule has 2 aromatic rings. The number of aryl methyl sites for hydroxylation is 1. The van der Waals surface area contributed by atoms with Crippen LogP contribution in [0.3, 0.4) is 0 Å². The molecule has 0 aliphatic carbocycles. The highest BCUT2D eigenvalue weighted by molar-refractivity contribution is 6.30. The number of nitrogens with zero attached hydrogens (tertiary/aromatic N) is 2. The molecule has 1 aliphatic rings. The van der Waals surface area contributed by atoms with Crippen LogP contribution in [-0.4, -0.2) is 27.7 Å². The summed E-state index contributed by atoms with van der Waals surface area (Å²) in [6.07, 6.45) is 2.00. The van der Waals surface area contributed by atoms with Gasteiger partial charge in [-0.05, 0) is 41.7 Å². The summed E-state index contributed by atoms with van der Waals surface area (Å²) in [7, 11) is 0. The van der Waals surface area contributed by atoms with Crippen molar-refractivity contribution in [2.45, 2.75) is 45.1 Å². The molecule has 0 fully saturated rings. The Morgan fingerprint density at radius 2 is 1.79 bits per heavy atom. The first-order chi connectivity index (χ1) is 13.5. The number of amides is 1. The SMILES string of the molecule is CCc1ccc(C2=NN(C(=O)CCCC(=O)O)[C@H](c3ccc(Cl)cc3)C2)cc1. The molecule has 28 heavy (non-hydrogen) atoms. The van der Waals surface area contributed by atoms with E-state index >= 15 is 0 Å². The van der Waals surface area contributed by atoms with E-state index in [4.69, 9.17) is 16.7 Å². The minimum absolute atomic E-state index is 0.0275. The maximum atomic E-state index is 12.8. The van der Waals surface area contributed by atoms with Gasteiger partial charge in [-0.25, -0.2) is 5.01 Å². The number of hydrazone groups is 1. The van der Waals surface area contributed by atoms with Gasteiger partial charge in [-0.1, -0.05) is 54.9 Å². The largest absolute Gasteiger partial charge is 0.481 e. The Morgan fingerprint density at radius 1 is 1.11 bits per heavy atom. The van der Waals surface area contributed by atoms with Crippen molar-refractivity contribution in [3.05, 3.63) is 70.2 Å². The molecule has 2 aromatic carbocycles. The summed E-state index contributed by atoms with van der Waals surface area (Å²) in [6.45, 7) is 2.11. The van der Waals surface area contributed by atoms with Crippen LogP contribution in [-0.2, 0) is 16.0 Å². The van der Waals surface area contributed by atoms with E-state index in [0.29, 0.717) is 17.9 Å². The van der Waals surface area contributed by atoms with Gasteiger partial charge in [0.05, 0.1) is 11.8 Å². The first kappa shape index (κ1) is 20.1. The molecule has 1 atom stereocenters. The van der Waals surface area contributed by atoms with Crippen LogP contribution in [0.25, 0.3) is 0 Å². The lowest BCUT2D eigenvalue weighted by molar-refractivity contribution is -0.137. The fourth-order valence-electron chi connectivity index (χ4n) is 3.30. The molecule has 0 spiro atoms. The molecule has 3 rings (SSSR count). The van der Waals surface area contributed by atoms with Crippen molar-refractivity contribution in [3.8, 4) is 0 Å². The van der Waals surface area contributed by atoms with E-state index in [1.807, 2.05) is 24.3 Å². The molecule has 0 aromatic heterocycles. The number of halogens is 1. The van der Waals surface area contributed by atoms with E-state index in [1.54, 1.807) is 12.1 Å². The third kappa shape index (κ3) is 4.78. The average Bonchev–Trinajstić information content (AvgIpc) is 3.14. The Morgan fingerprint density at radius 3 is 2.39 bits per heavy atom. The third-order valence-corrected chi connectivity index (χ3v) is 5.15. The number of carbonyl (C=O) groups is 2. The van der Waals surface area contributed by atoms with E-state index in [2.05, 4.69) is 24.2 Å². The first-order valence-corrected chi connectivity index (χ1v) is 9.82. The van der Waals surface area contributed by atoms with Crippen molar-refractivity contribution >= 4 is 29.2 Å². The van der Waals surface area contributed by atoms with E-state index in [1.165, 1.54) is 10.6 Å². The summed E-state index contributed by atoms with van der Waals surface area (Å²) in [5.74, 6) is -1.06. The van der Waals surface area contributed by atoms with Crippen LogP contribution in [0.5, 0.6) is 0 Å². The molecule has 1 aliphatic heterocycles. The minimum Gasteiger partial charge on any atom is -0.481 e. The van der Waals surface area contributed by atoms with Gasteiger partial charge < -0.3 is 5.11 Å². The van der Waals surface area contributed by atoms with Gasteiger partial charge in [-0.2, -0.15) is 5.10 Å². The van der Waals surface area contributed by atoms with Gasteiger partial charge in [0.1, 0.15) is 0 Å². The predicted molar refractivity (Wildman–Crippen MR) is 109 cm³/mol. The van der Waals surface area contributed by atoms with Gasteiger partial charge in [0.15, 0.2) is 0 Å². The number of hydrogen-bond acceptors (Lipinski definition) is 3. The molecule has 0 saturated heterocycles. The zero-order valence-electron chi connectivity index (χ0n) is 15.8. The Labute approximate surface area is 169 Å². The van der Waals surface area contributed by atoms with Crippen LogP contribution < -0.4 is 0 Å². The van der Waals surface area contributed by atoms with Gasteiger partial charge in [-0.3, -0.25) is 9.59 Å². The molecule has 0 bridgehead atoms. The van der Waals surface area contributed by atoms with Crippen LogP contribution in [0.1, 0.15) is 55.3 Å². The highest BCUT2D eigenvalue weighted by Gasteiger charge is 2.32. The standard InChI is InChI=1S/C22H23ClN2O3/c1-2-15-6-8-16(9-7-15)19-14-20(17-10-12-18(23)13-11-17)25(24-19)21(26)4-3-5-22(27)28/h6-13,20H,2-5,14H2,1H3,(H,27,28)/t20-/m0/s1. The van der Waals surface area contributed by atoms with Crippen molar-refractivity contribution in [1.29, 1.82) is 0 Å². The second-order valence-electron chi connectivity index (χ2n) is 6.85. The lowest BCUT2D eigenvalue weighted by Gasteiger charge is -2.22. The second kappa shape index (κ2) is 9.02. The molecule has 1 heterocycles. The van der Waals surface area contributed by atoms with Crippen molar-refractivity contribution in [2.75, 3.05) is 0 Å². The summed E-state index contributed by atoms with van der Waals surface area (Å²) in [6, 6.07) is 15.4. The van der Waals surface area contributed by atoms with Crippen molar-refractivity contribution in [3.63, 3.8) is 0 Å². The zero-order valence-corrected chi connectivity index (χ0v) is 16.5. The number of carboxylic acids is 1. The van der Waals surface area contributed by atoms with Gasteiger partial charge in [0.2, 0.25) is 5.91 Å². The Bertz CT molecular complexity index is 876. The minimum atomic E-state index is -0.899. The van der Waals surface area contributed by atoms with Crippen LogP contribution in [0.4, 0.5) is 0 Å². The highest BCUT2D eigenvalue weighted by atomic mass is 35.5. The lowest BCUT2D eigenvalue weighted by atomic mass is 9.97. The molecule has 0 unspecified atom stereocenters. The van der Waals surface area contributed by atoms with E-state index in [0.717, 1.165) is 23.3 Å². The molecule has 0 radical (unpaired) electrons. The number of hydrogen-bond donors (Lipinski definition) is 1. The average molecular weight is 399 g/mol. The molecule has 6 heteroatoms. The Kier molecular flexibility index (Phi) is 6.47. The van der Waals surface area contributed by atoms with Crippen molar-refractivity contribution in [2.24, 2.45) is 5.10 Å². The van der Waals surface area contributed by atoms with Crippen molar-refractivity contribution in [1.82, 2.24) is 5.01 Å². The zero-order chi connectivity index (χ0) is 20.1. The Hall–Kier alpha value is -2.66. The van der Waals surface area contributed by atoms with Gasteiger partial charge in [0.25, 0.3) is 0 Å². The molecular weight excluding hydrogens is 376 g/mol. The van der Waals surface area contributed by atoms with E-state index in [9.17, 15) is 9.59 Å². The molecule has 146 valence electrons. The van der Waals surface area contributed by atoms with Gasteiger partial charge >= 0.3 is 5.97 Å². The van der Waals surface area contributed by atoms with E-state index < -0.39 is 5.97 Å². The number of carbonyl (C=O) groups excluding carboxylic acids is 1. The normalized spacial score (nSPS) is 16.1.